The van der Waals surface area contributed by atoms with Crippen LogP contribution in [0.5, 0.6) is 5.75 Å². The normalized spacial score (nSPS) is 18.6. The molecule has 0 radical (unpaired) electrons. The predicted octanol–water partition coefficient (Wildman–Crippen LogP) is 4.05. The first kappa shape index (κ1) is 14.1. The van der Waals surface area contributed by atoms with Crippen LogP contribution in [0.25, 0.3) is 0 Å². The predicted molar refractivity (Wildman–Crippen MR) is 73.2 cm³/mol. The maximum atomic E-state index is 13.1. The molecule has 1 aliphatic rings. The molecule has 5 heteroatoms. The average Bonchev–Trinajstić information content (AvgIpc) is 2.41. The zero-order chi connectivity index (χ0) is 13.0. The average molecular weight is 338 g/mol. The Labute approximate surface area is 120 Å². The van der Waals surface area contributed by atoms with Crippen molar-refractivity contribution in [3.05, 3.63) is 29.0 Å². The van der Waals surface area contributed by atoms with Crippen molar-refractivity contribution in [3.63, 3.8) is 0 Å². The van der Waals surface area contributed by atoms with Crippen molar-refractivity contribution in [1.29, 1.82) is 0 Å². The zero-order valence-electron chi connectivity index (χ0n) is 9.93. The molecule has 2 nitrogen and oxygen atoms in total. The van der Waals surface area contributed by atoms with E-state index in [0.29, 0.717) is 17.4 Å². The van der Waals surface area contributed by atoms with Gasteiger partial charge in [-0.1, -0.05) is 27.5 Å². The van der Waals surface area contributed by atoms with Gasteiger partial charge in [-0.3, -0.25) is 0 Å². The summed E-state index contributed by atoms with van der Waals surface area (Å²) in [5.41, 5.74) is 0.0495. The molecular formula is C13H15BrClFO2. The first-order valence-corrected chi connectivity index (χ1v) is 7.37. The van der Waals surface area contributed by atoms with Crippen LogP contribution in [0.2, 0.25) is 5.02 Å². The number of hydrogen-bond donors (Lipinski definition) is 0. The van der Waals surface area contributed by atoms with Gasteiger partial charge in [0.05, 0.1) is 11.6 Å². The fraction of sp³-hybridized carbons (Fsp3) is 0.538. The number of ether oxygens (including phenoxy) is 2. The van der Waals surface area contributed by atoms with Gasteiger partial charge in [-0.2, -0.15) is 0 Å². The molecule has 2 rings (SSSR count). The summed E-state index contributed by atoms with van der Waals surface area (Å²) in [6, 6.07) is 4.16. The zero-order valence-corrected chi connectivity index (χ0v) is 12.3. The van der Waals surface area contributed by atoms with Gasteiger partial charge in [0.25, 0.3) is 0 Å². The highest BCUT2D eigenvalue weighted by Gasteiger charge is 2.32. The molecule has 1 saturated heterocycles. The Morgan fingerprint density at radius 1 is 1.39 bits per heavy atom. The highest BCUT2D eigenvalue weighted by Crippen LogP contribution is 2.34. The minimum Gasteiger partial charge on any atom is -0.491 e. The van der Waals surface area contributed by atoms with Crippen molar-refractivity contribution >= 4 is 27.5 Å². The lowest BCUT2D eigenvalue weighted by Crippen LogP contribution is -2.36. The molecule has 1 fully saturated rings. The number of rotatable bonds is 4. The highest BCUT2D eigenvalue weighted by atomic mass is 79.9. The van der Waals surface area contributed by atoms with E-state index in [1.54, 1.807) is 0 Å². The molecule has 0 aliphatic carbocycles. The SMILES string of the molecule is Fc1ccc(Cl)c(OCC2(CBr)CCOCC2)c1. The number of benzene rings is 1. The fourth-order valence-corrected chi connectivity index (χ4v) is 2.83. The van der Waals surface area contributed by atoms with E-state index < -0.39 is 0 Å². The Morgan fingerprint density at radius 2 is 2.11 bits per heavy atom. The van der Waals surface area contributed by atoms with Crippen LogP contribution in [0, 0.1) is 11.2 Å². The molecule has 0 aromatic heterocycles. The molecule has 1 aromatic carbocycles. The summed E-state index contributed by atoms with van der Waals surface area (Å²) >= 11 is 9.51. The van der Waals surface area contributed by atoms with Gasteiger partial charge in [0.1, 0.15) is 11.6 Å². The first-order valence-electron chi connectivity index (χ1n) is 5.87. The molecule has 18 heavy (non-hydrogen) atoms. The van der Waals surface area contributed by atoms with Crippen LogP contribution in [0.3, 0.4) is 0 Å². The molecule has 1 heterocycles. The smallest absolute Gasteiger partial charge is 0.140 e. The second kappa shape index (κ2) is 6.22. The van der Waals surface area contributed by atoms with E-state index >= 15 is 0 Å². The molecule has 100 valence electrons. The monoisotopic (exact) mass is 336 g/mol. The Hall–Kier alpha value is -0.320. The standard InChI is InChI=1S/C13H15BrClFO2/c14-8-13(3-5-17-6-4-13)9-18-12-7-10(16)1-2-11(12)15/h1-2,7H,3-6,8-9H2. The summed E-state index contributed by atoms with van der Waals surface area (Å²) in [7, 11) is 0. The minimum atomic E-state index is -0.339. The summed E-state index contributed by atoms with van der Waals surface area (Å²) in [4.78, 5) is 0. The van der Waals surface area contributed by atoms with Crippen LogP contribution in [0.4, 0.5) is 4.39 Å². The van der Waals surface area contributed by atoms with Crippen LogP contribution in [0.15, 0.2) is 18.2 Å². The Balaban J connectivity index is 2.03. The number of hydrogen-bond acceptors (Lipinski definition) is 2. The quantitative estimate of drug-likeness (QED) is 0.772. The summed E-state index contributed by atoms with van der Waals surface area (Å²) in [5.74, 6) is 0.0674. The van der Waals surface area contributed by atoms with Gasteiger partial charge in [-0.15, -0.1) is 0 Å². The lowest BCUT2D eigenvalue weighted by Gasteiger charge is -2.35. The Morgan fingerprint density at radius 3 is 2.78 bits per heavy atom. The van der Waals surface area contributed by atoms with Gasteiger partial charge >= 0.3 is 0 Å². The minimum absolute atomic E-state index is 0.0495. The van der Waals surface area contributed by atoms with E-state index in [1.807, 2.05) is 0 Å². The molecule has 1 aliphatic heterocycles. The van der Waals surface area contributed by atoms with E-state index in [-0.39, 0.29) is 11.2 Å². The summed E-state index contributed by atoms with van der Waals surface area (Å²) in [6.07, 6.45) is 1.87. The van der Waals surface area contributed by atoms with Crippen LogP contribution in [0.1, 0.15) is 12.8 Å². The lowest BCUT2D eigenvalue weighted by atomic mass is 9.83. The van der Waals surface area contributed by atoms with Crippen molar-refractivity contribution in [1.82, 2.24) is 0 Å². The maximum absolute atomic E-state index is 13.1. The van der Waals surface area contributed by atoms with Gasteiger partial charge in [0.15, 0.2) is 0 Å². The second-order valence-corrected chi connectivity index (χ2v) is 5.58. The third kappa shape index (κ3) is 3.37. The topological polar surface area (TPSA) is 18.5 Å². The van der Waals surface area contributed by atoms with E-state index in [2.05, 4.69) is 15.9 Å². The van der Waals surface area contributed by atoms with Crippen molar-refractivity contribution in [2.75, 3.05) is 25.2 Å². The first-order chi connectivity index (χ1) is 8.65. The molecule has 0 saturated carbocycles. The van der Waals surface area contributed by atoms with Crippen molar-refractivity contribution in [3.8, 4) is 5.75 Å². The third-order valence-corrected chi connectivity index (χ3v) is 4.77. The van der Waals surface area contributed by atoms with Gasteiger partial charge in [-0.05, 0) is 25.0 Å². The molecule has 0 spiro atoms. The molecule has 0 atom stereocenters. The van der Waals surface area contributed by atoms with Crippen LogP contribution in [-0.4, -0.2) is 25.2 Å². The van der Waals surface area contributed by atoms with Crippen molar-refractivity contribution < 1.29 is 13.9 Å². The van der Waals surface area contributed by atoms with Crippen molar-refractivity contribution in [2.24, 2.45) is 5.41 Å². The summed E-state index contributed by atoms with van der Waals surface area (Å²) < 4.78 is 24.2. The largest absolute Gasteiger partial charge is 0.491 e. The maximum Gasteiger partial charge on any atom is 0.140 e. The van der Waals surface area contributed by atoms with Gasteiger partial charge < -0.3 is 9.47 Å². The molecular weight excluding hydrogens is 322 g/mol. The molecule has 0 N–H and O–H groups in total. The van der Waals surface area contributed by atoms with Gasteiger partial charge in [0.2, 0.25) is 0 Å². The molecule has 0 amide bonds. The second-order valence-electron chi connectivity index (χ2n) is 4.61. The Kier molecular flexibility index (Phi) is 4.87. The lowest BCUT2D eigenvalue weighted by molar-refractivity contribution is 0.00351. The molecule has 0 unspecified atom stereocenters. The highest BCUT2D eigenvalue weighted by molar-refractivity contribution is 9.09. The summed E-state index contributed by atoms with van der Waals surface area (Å²) in [5, 5.41) is 1.28. The molecule has 0 bridgehead atoms. The van der Waals surface area contributed by atoms with Gasteiger partial charge in [-0.25, -0.2) is 4.39 Å². The van der Waals surface area contributed by atoms with E-state index in [0.717, 1.165) is 31.4 Å². The van der Waals surface area contributed by atoms with Crippen molar-refractivity contribution in [2.45, 2.75) is 12.8 Å². The fourth-order valence-electron chi connectivity index (χ4n) is 1.94. The van der Waals surface area contributed by atoms with Crippen LogP contribution >= 0.6 is 27.5 Å². The van der Waals surface area contributed by atoms with E-state index in [9.17, 15) is 4.39 Å². The van der Waals surface area contributed by atoms with E-state index in [1.165, 1.54) is 18.2 Å². The van der Waals surface area contributed by atoms with Gasteiger partial charge in [0, 0.05) is 30.0 Å². The third-order valence-electron chi connectivity index (χ3n) is 3.26. The Bertz CT molecular complexity index is 408. The number of alkyl halides is 1. The number of halogens is 3. The van der Waals surface area contributed by atoms with Crippen LogP contribution < -0.4 is 4.74 Å². The van der Waals surface area contributed by atoms with Crippen LogP contribution in [-0.2, 0) is 4.74 Å². The molecule has 1 aromatic rings. The van der Waals surface area contributed by atoms with E-state index in [4.69, 9.17) is 21.1 Å². The summed E-state index contributed by atoms with van der Waals surface area (Å²) in [6.45, 7) is 2.00.